The van der Waals surface area contributed by atoms with E-state index >= 15 is 0 Å². The fourth-order valence-electron chi connectivity index (χ4n) is 1.59. The van der Waals surface area contributed by atoms with Gasteiger partial charge in [0.25, 0.3) is 0 Å². The minimum atomic E-state index is 0.608. The van der Waals surface area contributed by atoms with Crippen molar-refractivity contribution in [2.45, 2.75) is 19.9 Å². The summed E-state index contributed by atoms with van der Waals surface area (Å²) in [7, 11) is 0. The van der Waals surface area contributed by atoms with Crippen LogP contribution in [-0.4, -0.2) is 11.5 Å². The van der Waals surface area contributed by atoms with E-state index in [1.54, 1.807) is 17.4 Å². The first kappa shape index (κ1) is 14.6. The van der Waals surface area contributed by atoms with E-state index in [0.29, 0.717) is 10.0 Å². The number of halogens is 2. The van der Waals surface area contributed by atoms with Gasteiger partial charge in [-0.25, -0.2) is 4.98 Å². The lowest BCUT2D eigenvalue weighted by molar-refractivity contribution is 0.667. The van der Waals surface area contributed by atoms with Gasteiger partial charge in [-0.2, -0.15) is 0 Å². The first-order valence-electron chi connectivity index (χ1n) is 6.05. The Morgan fingerprint density at radius 1 is 1.21 bits per heavy atom. The molecule has 0 amide bonds. The van der Waals surface area contributed by atoms with Crippen molar-refractivity contribution in [3.8, 4) is 0 Å². The SMILES string of the molecule is CCCNCc1csc(Nc2cc(Cl)cc(Cl)c2)n1. The van der Waals surface area contributed by atoms with Crippen LogP contribution in [0.1, 0.15) is 19.0 Å². The molecule has 0 aliphatic rings. The third kappa shape index (κ3) is 4.66. The molecule has 2 N–H and O–H groups in total. The minimum absolute atomic E-state index is 0.608. The molecule has 0 aliphatic carbocycles. The summed E-state index contributed by atoms with van der Waals surface area (Å²) >= 11 is 13.5. The largest absolute Gasteiger partial charge is 0.331 e. The number of anilines is 2. The molecule has 3 nitrogen and oxygen atoms in total. The van der Waals surface area contributed by atoms with Gasteiger partial charge in [-0.05, 0) is 31.2 Å². The second-order valence-corrected chi connectivity index (χ2v) is 5.83. The van der Waals surface area contributed by atoms with Gasteiger partial charge < -0.3 is 10.6 Å². The third-order valence-electron chi connectivity index (χ3n) is 2.40. The van der Waals surface area contributed by atoms with Crippen LogP contribution in [0.2, 0.25) is 10.0 Å². The molecule has 0 saturated heterocycles. The Morgan fingerprint density at radius 2 is 1.95 bits per heavy atom. The third-order valence-corrected chi connectivity index (χ3v) is 3.64. The average Bonchev–Trinajstić information content (AvgIpc) is 2.76. The van der Waals surface area contributed by atoms with E-state index in [4.69, 9.17) is 23.2 Å². The van der Waals surface area contributed by atoms with Crippen molar-refractivity contribution in [1.82, 2.24) is 10.3 Å². The number of nitrogens with zero attached hydrogens (tertiary/aromatic N) is 1. The number of aromatic nitrogens is 1. The fourth-order valence-corrected chi connectivity index (χ4v) is 2.84. The van der Waals surface area contributed by atoms with Gasteiger partial charge in [0, 0.05) is 27.7 Å². The molecular weight excluding hydrogens is 301 g/mol. The summed E-state index contributed by atoms with van der Waals surface area (Å²) in [6.45, 7) is 3.94. The van der Waals surface area contributed by atoms with Crippen LogP contribution in [0.5, 0.6) is 0 Å². The molecule has 0 saturated carbocycles. The highest BCUT2D eigenvalue weighted by Gasteiger charge is 2.03. The summed E-state index contributed by atoms with van der Waals surface area (Å²) in [5.41, 5.74) is 1.88. The molecule has 0 spiro atoms. The molecule has 0 fully saturated rings. The molecule has 1 aromatic heterocycles. The number of nitrogens with one attached hydrogen (secondary N) is 2. The fraction of sp³-hybridized carbons (Fsp3) is 0.308. The van der Waals surface area contributed by atoms with Gasteiger partial charge in [-0.15, -0.1) is 11.3 Å². The van der Waals surface area contributed by atoms with E-state index in [1.807, 2.05) is 17.5 Å². The lowest BCUT2D eigenvalue weighted by Gasteiger charge is -2.04. The molecule has 0 atom stereocenters. The summed E-state index contributed by atoms with van der Waals surface area (Å²) < 4.78 is 0. The van der Waals surface area contributed by atoms with E-state index in [1.165, 1.54) is 0 Å². The van der Waals surface area contributed by atoms with Crippen molar-refractivity contribution in [3.05, 3.63) is 39.3 Å². The minimum Gasteiger partial charge on any atom is -0.331 e. The van der Waals surface area contributed by atoms with Crippen molar-refractivity contribution in [1.29, 1.82) is 0 Å². The quantitative estimate of drug-likeness (QED) is 0.759. The van der Waals surface area contributed by atoms with Gasteiger partial charge in [0.05, 0.1) is 5.69 Å². The maximum absolute atomic E-state index is 5.95. The molecular formula is C13H15Cl2N3S. The van der Waals surface area contributed by atoms with Crippen LogP contribution in [-0.2, 0) is 6.54 Å². The second-order valence-electron chi connectivity index (χ2n) is 4.10. The zero-order chi connectivity index (χ0) is 13.7. The highest BCUT2D eigenvalue weighted by Crippen LogP contribution is 2.26. The highest BCUT2D eigenvalue weighted by molar-refractivity contribution is 7.13. The number of rotatable bonds is 6. The van der Waals surface area contributed by atoms with Crippen LogP contribution in [0.25, 0.3) is 0 Å². The summed E-state index contributed by atoms with van der Waals surface area (Å²) in [5, 5.41) is 10.6. The Balaban J connectivity index is 1.99. The van der Waals surface area contributed by atoms with Gasteiger partial charge in [0.2, 0.25) is 0 Å². The molecule has 0 radical (unpaired) electrons. The molecule has 1 heterocycles. The molecule has 6 heteroatoms. The molecule has 1 aromatic carbocycles. The monoisotopic (exact) mass is 315 g/mol. The number of hydrogen-bond donors (Lipinski definition) is 2. The van der Waals surface area contributed by atoms with Gasteiger partial charge >= 0.3 is 0 Å². The maximum atomic E-state index is 5.95. The van der Waals surface area contributed by atoms with E-state index in [-0.39, 0.29) is 0 Å². The predicted octanol–water partition coefficient (Wildman–Crippen LogP) is 4.69. The average molecular weight is 316 g/mol. The molecule has 0 bridgehead atoms. The van der Waals surface area contributed by atoms with Crippen LogP contribution < -0.4 is 10.6 Å². The van der Waals surface area contributed by atoms with Crippen LogP contribution in [0.4, 0.5) is 10.8 Å². The Kier molecular flexibility index (Phi) is 5.45. The number of thiazole rings is 1. The van der Waals surface area contributed by atoms with E-state index in [9.17, 15) is 0 Å². The Hall–Kier alpha value is -0.810. The zero-order valence-electron chi connectivity index (χ0n) is 10.5. The first-order valence-corrected chi connectivity index (χ1v) is 7.69. The highest BCUT2D eigenvalue weighted by atomic mass is 35.5. The van der Waals surface area contributed by atoms with Crippen LogP contribution in [0.3, 0.4) is 0 Å². The Labute approximate surface area is 127 Å². The lowest BCUT2D eigenvalue weighted by Crippen LogP contribution is -2.13. The van der Waals surface area contributed by atoms with Crippen molar-refractivity contribution in [2.75, 3.05) is 11.9 Å². The van der Waals surface area contributed by atoms with Gasteiger partial charge in [0.15, 0.2) is 5.13 Å². The Morgan fingerprint density at radius 3 is 2.63 bits per heavy atom. The van der Waals surface area contributed by atoms with E-state index in [2.05, 4.69) is 22.5 Å². The van der Waals surface area contributed by atoms with Gasteiger partial charge in [-0.3, -0.25) is 0 Å². The molecule has 2 aromatic rings. The summed E-state index contributed by atoms with van der Waals surface area (Å²) in [6.07, 6.45) is 1.12. The first-order chi connectivity index (χ1) is 9.17. The standard InChI is InChI=1S/C13H15Cl2N3S/c1-2-3-16-7-12-8-19-13(18-12)17-11-5-9(14)4-10(15)6-11/h4-6,8,16H,2-3,7H2,1H3,(H,17,18). The number of hydrogen-bond acceptors (Lipinski definition) is 4. The summed E-state index contributed by atoms with van der Waals surface area (Å²) in [6, 6.07) is 5.35. The van der Waals surface area contributed by atoms with Crippen LogP contribution in [0, 0.1) is 0 Å². The smallest absolute Gasteiger partial charge is 0.187 e. The van der Waals surface area contributed by atoms with Gasteiger partial charge in [0.1, 0.15) is 0 Å². The molecule has 102 valence electrons. The Bertz CT molecular complexity index is 522. The maximum Gasteiger partial charge on any atom is 0.187 e. The van der Waals surface area contributed by atoms with E-state index in [0.717, 1.165) is 36.0 Å². The normalized spacial score (nSPS) is 10.7. The topological polar surface area (TPSA) is 37.0 Å². The van der Waals surface area contributed by atoms with E-state index < -0.39 is 0 Å². The molecule has 19 heavy (non-hydrogen) atoms. The van der Waals surface area contributed by atoms with Crippen molar-refractivity contribution in [3.63, 3.8) is 0 Å². The summed E-state index contributed by atoms with van der Waals surface area (Å²) in [5.74, 6) is 0. The van der Waals surface area contributed by atoms with Crippen molar-refractivity contribution in [2.24, 2.45) is 0 Å². The predicted molar refractivity (Wildman–Crippen MR) is 83.9 cm³/mol. The van der Waals surface area contributed by atoms with Gasteiger partial charge in [-0.1, -0.05) is 30.1 Å². The van der Waals surface area contributed by atoms with Crippen molar-refractivity contribution < 1.29 is 0 Å². The lowest BCUT2D eigenvalue weighted by atomic mass is 10.3. The van der Waals surface area contributed by atoms with Crippen LogP contribution in [0.15, 0.2) is 23.6 Å². The number of benzene rings is 1. The summed E-state index contributed by atoms with van der Waals surface area (Å²) in [4.78, 5) is 4.50. The molecule has 0 aliphatic heterocycles. The second kappa shape index (κ2) is 7.10. The molecule has 0 unspecified atom stereocenters. The van der Waals surface area contributed by atoms with Crippen LogP contribution >= 0.6 is 34.5 Å². The zero-order valence-corrected chi connectivity index (χ0v) is 12.9. The van der Waals surface area contributed by atoms with Crippen molar-refractivity contribution >= 4 is 45.4 Å². The molecule has 2 rings (SSSR count).